The van der Waals surface area contributed by atoms with Crippen molar-refractivity contribution in [3.63, 3.8) is 0 Å². The first-order chi connectivity index (χ1) is 4.93. The maximum absolute atomic E-state index is 5.26. The summed E-state index contributed by atoms with van der Waals surface area (Å²) in [5, 5.41) is 0. The maximum Gasteiger partial charge on any atom is 0.104 e. The normalized spacial score (nSPS) is 22.6. The molecule has 0 amide bonds. The Kier molecular flexibility index (Phi) is 3.47. The van der Waals surface area contributed by atoms with Gasteiger partial charge in [0.15, 0.2) is 0 Å². The number of hydrogen-bond donors (Lipinski definition) is 0. The smallest absolute Gasteiger partial charge is 0.104 e. The summed E-state index contributed by atoms with van der Waals surface area (Å²) >= 11 is 0. The highest BCUT2D eigenvalue weighted by Gasteiger charge is 2.21. The van der Waals surface area contributed by atoms with Crippen molar-refractivity contribution in [1.82, 2.24) is 0 Å². The number of ether oxygens (including phenoxy) is 2. The molecular formula is C8H13O2. The van der Waals surface area contributed by atoms with Crippen molar-refractivity contribution >= 4 is 0 Å². The van der Waals surface area contributed by atoms with Crippen molar-refractivity contribution in [2.75, 3.05) is 19.8 Å². The number of rotatable bonds is 6. The van der Waals surface area contributed by atoms with Crippen molar-refractivity contribution in [2.24, 2.45) is 0 Å². The average molecular weight is 141 g/mol. The molecule has 0 aromatic rings. The van der Waals surface area contributed by atoms with Crippen LogP contribution in [0.25, 0.3) is 0 Å². The lowest BCUT2D eigenvalue weighted by atomic mass is 10.3. The highest BCUT2D eigenvalue weighted by molar-refractivity contribution is 4.85. The zero-order chi connectivity index (χ0) is 7.23. The molecule has 0 aliphatic carbocycles. The largest absolute Gasteiger partial charge is 0.379 e. The summed E-state index contributed by atoms with van der Waals surface area (Å²) in [6, 6.07) is 0. The molecule has 2 nitrogen and oxygen atoms in total. The minimum Gasteiger partial charge on any atom is -0.379 e. The van der Waals surface area contributed by atoms with Gasteiger partial charge in [0.25, 0.3) is 0 Å². The minimum atomic E-state index is 0.392. The maximum atomic E-state index is 5.26. The van der Waals surface area contributed by atoms with E-state index in [0.29, 0.717) is 6.10 Å². The first kappa shape index (κ1) is 7.76. The Morgan fingerprint density at radius 2 is 2.50 bits per heavy atom. The van der Waals surface area contributed by atoms with Crippen molar-refractivity contribution in [3.8, 4) is 0 Å². The Morgan fingerprint density at radius 3 is 3.10 bits per heavy atom. The van der Waals surface area contributed by atoms with Crippen LogP contribution in [0.2, 0.25) is 0 Å². The molecule has 0 spiro atoms. The molecular weight excluding hydrogens is 128 g/mol. The van der Waals surface area contributed by atoms with Gasteiger partial charge in [-0.3, -0.25) is 0 Å². The highest BCUT2D eigenvalue weighted by Crippen LogP contribution is 2.08. The Balaban J connectivity index is 1.72. The van der Waals surface area contributed by atoms with Crippen LogP contribution in [-0.2, 0) is 9.47 Å². The monoisotopic (exact) mass is 141 g/mol. The van der Waals surface area contributed by atoms with Crippen LogP contribution < -0.4 is 0 Å². The van der Waals surface area contributed by atoms with Gasteiger partial charge in [-0.1, -0.05) is 6.08 Å². The van der Waals surface area contributed by atoms with Crippen LogP contribution >= 0.6 is 0 Å². The summed E-state index contributed by atoms with van der Waals surface area (Å²) < 4.78 is 10.2. The molecule has 1 aliphatic heterocycles. The van der Waals surface area contributed by atoms with Crippen LogP contribution in [0.5, 0.6) is 0 Å². The second-order valence-corrected chi connectivity index (χ2v) is 2.29. The number of hydrogen-bond acceptors (Lipinski definition) is 2. The van der Waals surface area contributed by atoms with Crippen LogP contribution in [-0.4, -0.2) is 25.9 Å². The van der Waals surface area contributed by atoms with Gasteiger partial charge in [0, 0.05) is 6.61 Å². The van der Waals surface area contributed by atoms with Crippen LogP contribution in [0.3, 0.4) is 0 Å². The quantitative estimate of drug-likeness (QED) is 0.409. The van der Waals surface area contributed by atoms with Crippen molar-refractivity contribution < 1.29 is 9.47 Å². The zero-order valence-electron chi connectivity index (χ0n) is 6.08. The van der Waals surface area contributed by atoms with Crippen LogP contribution in [0, 0.1) is 6.42 Å². The summed E-state index contributed by atoms with van der Waals surface area (Å²) in [7, 11) is 0. The third-order valence-corrected chi connectivity index (χ3v) is 1.30. The average Bonchev–Trinajstić information content (AvgIpc) is 2.71. The molecule has 1 atom stereocenters. The summed E-state index contributed by atoms with van der Waals surface area (Å²) in [6.45, 7) is 5.99. The molecule has 0 saturated carbocycles. The van der Waals surface area contributed by atoms with Crippen LogP contribution in [0.4, 0.5) is 0 Å². The van der Waals surface area contributed by atoms with E-state index in [1.54, 1.807) is 6.08 Å². The SMILES string of the molecule is C=C[CH]CCOCC1CO1. The van der Waals surface area contributed by atoms with Crippen molar-refractivity contribution in [3.05, 3.63) is 19.1 Å². The standard InChI is InChI=1S/C8H13O2/c1-2-3-4-5-9-6-8-7-10-8/h2-3,8H,1,4-7H2. The van der Waals surface area contributed by atoms with E-state index >= 15 is 0 Å². The lowest BCUT2D eigenvalue weighted by Gasteiger charge is -1.97. The molecule has 1 aliphatic rings. The number of unbranched alkanes of at least 4 members (excludes halogenated alkanes) is 1. The minimum absolute atomic E-state index is 0.392. The molecule has 0 N–H and O–H groups in total. The van der Waals surface area contributed by atoms with E-state index in [1.807, 2.05) is 6.42 Å². The van der Waals surface area contributed by atoms with E-state index in [2.05, 4.69) is 6.58 Å². The van der Waals surface area contributed by atoms with E-state index in [4.69, 9.17) is 9.47 Å². The highest BCUT2D eigenvalue weighted by atomic mass is 16.6. The molecule has 0 aromatic heterocycles. The van der Waals surface area contributed by atoms with E-state index in [1.165, 1.54) is 0 Å². The molecule has 10 heavy (non-hydrogen) atoms. The molecule has 0 aromatic carbocycles. The lowest BCUT2D eigenvalue weighted by Crippen LogP contribution is -2.02. The van der Waals surface area contributed by atoms with Gasteiger partial charge in [0.05, 0.1) is 13.2 Å². The topological polar surface area (TPSA) is 21.8 Å². The van der Waals surface area contributed by atoms with Gasteiger partial charge >= 0.3 is 0 Å². The van der Waals surface area contributed by atoms with Crippen LogP contribution in [0.1, 0.15) is 6.42 Å². The molecule has 2 heteroatoms. The van der Waals surface area contributed by atoms with Crippen molar-refractivity contribution in [1.29, 1.82) is 0 Å². The molecule has 57 valence electrons. The molecule has 1 unspecified atom stereocenters. The first-order valence-electron chi connectivity index (χ1n) is 3.57. The molecule has 1 rings (SSSR count). The van der Waals surface area contributed by atoms with Gasteiger partial charge in [0.1, 0.15) is 6.10 Å². The number of allylic oxidation sites excluding steroid dienone is 1. The summed E-state index contributed by atoms with van der Waals surface area (Å²) in [4.78, 5) is 0. The summed E-state index contributed by atoms with van der Waals surface area (Å²) in [5.74, 6) is 0. The Morgan fingerprint density at radius 1 is 1.70 bits per heavy atom. The Bertz CT molecular complexity index is 97.4. The fraction of sp³-hybridized carbons (Fsp3) is 0.625. The zero-order valence-corrected chi connectivity index (χ0v) is 6.08. The van der Waals surface area contributed by atoms with Gasteiger partial charge in [-0.15, -0.1) is 6.58 Å². The molecule has 1 fully saturated rings. The molecule has 1 radical (unpaired) electrons. The van der Waals surface area contributed by atoms with Crippen molar-refractivity contribution in [2.45, 2.75) is 12.5 Å². The first-order valence-corrected chi connectivity index (χ1v) is 3.57. The Labute approximate surface area is 61.8 Å². The van der Waals surface area contributed by atoms with Gasteiger partial charge in [-0.2, -0.15) is 0 Å². The van der Waals surface area contributed by atoms with Gasteiger partial charge in [0.2, 0.25) is 0 Å². The molecule has 1 heterocycles. The van der Waals surface area contributed by atoms with E-state index in [9.17, 15) is 0 Å². The van der Waals surface area contributed by atoms with Gasteiger partial charge in [-0.25, -0.2) is 0 Å². The van der Waals surface area contributed by atoms with Gasteiger partial charge in [-0.05, 0) is 12.8 Å². The second kappa shape index (κ2) is 4.47. The fourth-order valence-corrected chi connectivity index (χ4v) is 0.648. The number of epoxide rings is 1. The van der Waals surface area contributed by atoms with E-state index in [0.717, 1.165) is 26.2 Å². The van der Waals surface area contributed by atoms with E-state index < -0.39 is 0 Å². The predicted molar refractivity (Wildman–Crippen MR) is 39.7 cm³/mol. The third-order valence-electron chi connectivity index (χ3n) is 1.30. The predicted octanol–water partition coefficient (Wildman–Crippen LogP) is 1.18. The molecule has 1 saturated heterocycles. The molecule has 0 bridgehead atoms. The fourth-order valence-electron chi connectivity index (χ4n) is 0.648. The Hall–Kier alpha value is -0.340. The summed E-state index contributed by atoms with van der Waals surface area (Å²) in [6.07, 6.45) is 5.13. The van der Waals surface area contributed by atoms with Gasteiger partial charge < -0.3 is 9.47 Å². The summed E-state index contributed by atoms with van der Waals surface area (Å²) in [5.41, 5.74) is 0. The lowest BCUT2D eigenvalue weighted by molar-refractivity contribution is 0.119. The van der Waals surface area contributed by atoms with Crippen LogP contribution in [0.15, 0.2) is 12.7 Å². The second-order valence-electron chi connectivity index (χ2n) is 2.29. The third kappa shape index (κ3) is 3.64. The van der Waals surface area contributed by atoms with E-state index in [-0.39, 0.29) is 0 Å².